The maximum Gasteiger partial charge on any atom is 0.231 e. The van der Waals surface area contributed by atoms with Gasteiger partial charge in [-0.1, -0.05) is 43.2 Å². The Labute approximate surface area is 125 Å². The van der Waals surface area contributed by atoms with Crippen LogP contribution in [-0.2, 0) is 10.2 Å². The molecular weight excluding hydrogens is 266 g/mol. The van der Waals surface area contributed by atoms with Gasteiger partial charge in [0.2, 0.25) is 5.91 Å². The zero-order valence-electron chi connectivity index (χ0n) is 12.2. The van der Waals surface area contributed by atoms with Crippen molar-refractivity contribution in [3.05, 3.63) is 35.9 Å². The van der Waals surface area contributed by atoms with E-state index in [2.05, 4.69) is 35.8 Å². The quantitative estimate of drug-likeness (QED) is 0.842. The van der Waals surface area contributed by atoms with Gasteiger partial charge in [-0.15, -0.1) is 0 Å². The summed E-state index contributed by atoms with van der Waals surface area (Å²) < 4.78 is 0. The molecule has 0 bridgehead atoms. The molecule has 1 aromatic carbocycles. The maximum atomic E-state index is 12.8. The summed E-state index contributed by atoms with van der Waals surface area (Å²) in [6.07, 6.45) is 8.14. The molecule has 0 heterocycles. The van der Waals surface area contributed by atoms with Crippen LogP contribution in [0.5, 0.6) is 0 Å². The van der Waals surface area contributed by atoms with Gasteiger partial charge in [0.05, 0.1) is 5.41 Å². The number of amides is 1. The molecule has 3 rings (SSSR count). The molecule has 1 spiro atoms. The first kappa shape index (κ1) is 14.0. The standard InChI is InChI=1S/C17H23NOS/c1-20-12-11-18-15(19)17(14-7-3-2-4-8-14)13-16(17)9-5-6-10-16/h2-4,7-8H,5-6,9-13H2,1H3,(H,18,19). The van der Waals surface area contributed by atoms with E-state index in [4.69, 9.17) is 0 Å². The van der Waals surface area contributed by atoms with Gasteiger partial charge in [0, 0.05) is 12.3 Å². The number of hydrogen-bond donors (Lipinski definition) is 1. The number of nitrogens with one attached hydrogen (secondary N) is 1. The van der Waals surface area contributed by atoms with Crippen LogP contribution in [0.2, 0.25) is 0 Å². The van der Waals surface area contributed by atoms with E-state index in [0.29, 0.717) is 0 Å². The number of carbonyl (C=O) groups excluding carboxylic acids is 1. The number of rotatable bonds is 5. The van der Waals surface area contributed by atoms with E-state index in [1.165, 1.54) is 31.2 Å². The lowest BCUT2D eigenvalue weighted by Crippen LogP contribution is -2.39. The van der Waals surface area contributed by atoms with Crippen LogP contribution < -0.4 is 5.32 Å². The topological polar surface area (TPSA) is 29.1 Å². The highest BCUT2D eigenvalue weighted by molar-refractivity contribution is 7.98. The molecule has 0 aromatic heterocycles. The van der Waals surface area contributed by atoms with Gasteiger partial charge in [-0.2, -0.15) is 11.8 Å². The van der Waals surface area contributed by atoms with Gasteiger partial charge in [0.1, 0.15) is 0 Å². The van der Waals surface area contributed by atoms with Crippen LogP contribution in [0.1, 0.15) is 37.7 Å². The summed E-state index contributed by atoms with van der Waals surface area (Å²) >= 11 is 1.78. The van der Waals surface area contributed by atoms with Crippen LogP contribution in [0.3, 0.4) is 0 Å². The van der Waals surface area contributed by atoms with Crippen molar-refractivity contribution >= 4 is 17.7 Å². The smallest absolute Gasteiger partial charge is 0.231 e. The summed E-state index contributed by atoms with van der Waals surface area (Å²) in [6, 6.07) is 10.4. The first-order chi connectivity index (χ1) is 9.75. The Kier molecular flexibility index (Phi) is 3.80. The van der Waals surface area contributed by atoms with Gasteiger partial charge in [-0.05, 0) is 36.5 Å². The highest BCUT2D eigenvalue weighted by Crippen LogP contribution is 2.72. The Hall–Kier alpha value is -0.960. The zero-order valence-corrected chi connectivity index (χ0v) is 13.0. The van der Waals surface area contributed by atoms with Crippen LogP contribution in [0.25, 0.3) is 0 Å². The van der Waals surface area contributed by atoms with Crippen molar-refractivity contribution in [2.75, 3.05) is 18.6 Å². The van der Waals surface area contributed by atoms with Crippen LogP contribution >= 0.6 is 11.8 Å². The molecule has 108 valence electrons. The Morgan fingerprint density at radius 3 is 2.60 bits per heavy atom. The van der Waals surface area contributed by atoms with E-state index in [0.717, 1.165) is 18.7 Å². The summed E-state index contributed by atoms with van der Waals surface area (Å²) in [4.78, 5) is 12.8. The van der Waals surface area contributed by atoms with Gasteiger partial charge in [0.25, 0.3) is 0 Å². The minimum absolute atomic E-state index is 0.233. The molecule has 0 saturated heterocycles. The molecule has 1 aromatic rings. The number of thioether (sulfide) groups is 1. The molecule has 2 saturated carbocycles. The van der Waals surface area contributed by atoms with E-state index in [1.807, 2.05) is 6.07 Å². The number of carbonyl (C=O) groups is 1. The Morgan fingerprint density at radius 2 is 1.95 bits per heavy atom. The second kappa shape index (κ2) is 5.44. The van der Waals surface area contributed by atoms with Gasteiger partial charge < -0.3 is 5.32 Å². The minimum Gasteiger partial charge on any atom is -0.354 e. The molecule has 1 unspecified atom stereocenters. The predicted molar refractivity (Wildman–Crippen MR) is 85.0 cm³/mol. The third-order valence-electron chi connectivity index (χ3n) is 5.19. The van der Waals surface area contributed by atoms with Gasteiger partial charge in [0.15, 0.2) is 0 Å². The fourth-order valence-corrected chi connectivity index (χ4v) is 4.43. The molecule has 2 aliphatic rings. The highest BCUT2D eigenvalue weighted by atomic mass is 32.2. The summed E-state index contributed by atoms with van der Waals surface area (Å²) in [5.74, 6) is 1.25. The molecule has 20 heavy (non-hydrogen) atoms. The Morgan fingerprint density at radius 1 is 1.25 bits per heavy atom. The van der Waals surface area contributed by atoms with Crippen molar-refractivity contribution < 1.29 is 4.79 Å². The van der Waals surface area contributed by atoms with Crippen molar-refractivity contribution in [1.82, 2.24) is 5.32 Å². The molecule has 2 fully saturated rings. The lowest BCUT2D eigenvalue weighted by atomic mass is 9.84. The third-order valence-corrected chi connectivity index (χ3v) is 5.80. The van der Waals surface area contributed by atoms with Crippen LogP contribution in [0.4, 0.5) is 0 Å². The third kappa shape index (κ3) is 2.07. The van der Waals surface area contributed by atoms with E-state index in [9.17, 15) is 4.79 Å². The van der Waals surface area contributed by atoms with Crippen molar-refractivity contribution in [3.63, 3.8) is 0 Å². The van der Waals surface area contributed by atoms with Crippen LogP contribution in [0.15, 0.2) is 30.3 Å². The molecular formula is C17H23NOS. The maximum absolute atomic E-state index is 12.8. The predicted octanol–water partition coefficient (Wildman–Crippen LogP) is 3.37. The minimum atomic E-state index is -0.233. The van der Waals surface area contributed by atoms with Crippen molar-refractivity contribution in [3.8, 4) is 0 Å². The van der Waals surface area contributed by atoms with Crippen molar-refractivity contribution in [2.45, 2.75) is 37.5 Å². The SMILES string of the molecule is CSCCNC(=O)C1(c2ccccc2)CC12CCCC2. The first-order valence-electron chi connectivity index (χ1n) is 7.58. The van der Waals surface area contributed by atoms with Gasteiger partial charge in [-0.3, -0.25) is 4.79 Å². The van der Waals surface area contributed by atoms with E-state index in [1.54, 1.807) is 11.8 Å². The molecule has 1 amide bonds. The molecule has 1 atom stereocenters. The summed E-state index contributed by atoms with van der Waals surface area (Å²) in [5, 5.41) is 3.18. The molecule has 0 radical (unpaired) electrons. The van der Waals surface area contributed by atoms with E-state index in [-0.39, 0.29) is 16.7 Å². The van der Waals surface area contributed by atoms with Crippen molar-refractivity contribution in [2.24, 2.45) is 5.41 Å². The normalized spacial score (nSPS) is 26.6. The second-order valence-electron chi connectivity index (χ2n) is 6.18. The van der Waals surface area contributed by atoms with Gasteiger partial charge in [-0.25, -0.2) is 0 Å². The van der Waals surface area contributed by atoms with E-state index >= 15 is 0 Å². The zero-order chi connectivity index (χ0) is 14.1. The molecule has 1 N–H and O–H groups in total. The molecule has 2 aliphatic carbocycles. The monoisotopic (exact) mass is 289 g/mol. The van der Waals surface area contributed by atoms with Crippen LogP contribution in [-0.4, -0.2) is 24.5 Å². The second-order valence-corrected chi connectivity index (χ2v) is 7.17. The lowest BCUT2D eigenvalue weighted by molar-refractivity contribution is -0.124. The van der Waals surface area contributed by atoms with Crippen molar-refractivity contribution in [1.29, 1.82) is 0 Å². The fourth-order valence-electron chi connectivity index (χ4n) is 4.12. The first-order valence-corrected chi connectivity index (χ1v) is 8.97. The fraction of sp³-hybridized carbons (Fsp3) is 0.588. The van der Waals surface area contributed by atoms with Gasteiger partial charge >= 0.3 is 0 Å². The Balaban J connectivity index is 1.85. The highest BCUT2D eigenvalue weighted by Gasteiger charge is 2.72. The molecule has 3 heteroatoms. The van der Waals surface area contributed by atoms with Crippen LogP contribution in [0, 0.1) is 5.41 Å². The summed E-state index contributed by atoms with van der Waals surface area (Å²) in [6.45, 7) is 0.782. The lowest BCUT2D eigenvalue weighted by Gasteiger charge is -2.22. The number of benzene rings is 1. The summed E-state index contributed by atoms with van der Waals surface area (Å²) in [7, 11) is 0. The Bertz CT molecular complexity index is 481. The average molecular weight is 289 g/mol. The molecule has 0 aliphatic heterocycles. The van der Waals surface area contributed by atoms with E-state index < -0.39 is 0 Å². The molecule has 2 nitrogen and oxygen atoms in total. The number of hydrogen-bond acceptors (Lipinski definition) is 2. The average Bonchev–Trinajstić information content (AvgIpc) is 2.89. The largest absolute Gasteiger partial charge is 0.354 e. The summed E-state index contributed by atoms with van der Waals surface area (Å²) in [5.41, 5.74) is 1.25.